The molecule has 0 unspecified atom stereocenters. The number of methoxy groups -OCH3 is 1. The third-order valence-corrected chi connectivity index (χ3v) is 5.35. The number of hydrogen-bond acceptors (Lipinski definition) is 5. The third-order valence-electron chi connectivity index (χ3n) is 4.42. The first-order chi connectivity index (χ1) is 12.9. The second-order valence-corrected chi connectivity index (χ2v) is 7.74. The van der Waals surface area contributed by atoms with Crippen LogP contribution in [0.25, 0.3) is 0 Å². The van der Waals surface area contributed by atoms with E-state index in [-0.39, 0.29) is 10.9 Å². The first-order valence-electron chi connectivity index (χ1n) is 8.44. The van der Waals surface area contributed by atoms with Crippen LogP contribution in [0.3, 0.4) is 0 Å². The summed E-state index contributed by atoms with van der Waals surface area (Å²) in [6.45, 7) is 2.59. The number of nitrogens with two attached hydrogens (primary N) is 1. The van der Waals surface area contributed by atoms with Crippen LogP contribution < -0.4 is 20.1 Å². The number of nitrogens with one attached hydrogen (secondary N) is 1. The van der Waals surface area contributed by atoms with Crippen molar-refractivity contribution in [3.63, 3.8) is 0 Å². The van der Waals surface area contributed by atoms with Crippen LogP contribution in [0.2, 0.25) is 0 Å². The molecule has 2 aromatic rings. The van der Waals surface area contributed by atoms with Crippen molar-refractivity contribution in [3.05, 3.63) is 48.5 Å². The minimum absolute atomic E-state index is 0.00685. The van der Waals surface area contributed by atoms with E-state index in [0.29, 0.717) is 31.9 Å². The molecule has 1 fully saturated rings. The number of ether oxygens (including phenoxy) is 1. The molecule has 0 saturated carbocycles. The van der Waals surface area contributed by atoms with E-state index in [0.717, 1.165) is 11.4 Å². The zero-order valence-electron chi connectivity index (χ0n) is 15.0. The van der Waals surface area contributed by atoms with Crippen LogP contribution in [-0.2, 0) is 10.0 Å². The summed E-state index contributed by atoms with van der Waals surface area (Å²) >= 11 is 0. The molecule has 1 heterocycles. The lowest BCUT2D eigenvalue weighted by Crippen LogP contribution is -2.50. The molecule has 3 N–H and O–H groups in total. The largest absolute Gasteiger partial charge is 0.497 e. The number of benzene rings is 2. The molecule has 0 bridgehead atoms. The molecule has 27 heavy (non-hydrogen) atoms. The summed E-state index contributed by atoms with van der Waals surface area (Å²) in [5.74, 6) is 0.801. The van der Waals surface area contributed by atoms with Crippen LogP contribution in [0.5, 0.6) is 5.75 Å². The minimum atomic E-state index is -3.74. The first kappa shape index (κ1) is 19.0. The van der Waals surface area contributed by atoms with Gasteiger partial charge in [-0.05, 0) is 36.4 Å². The summed E-state index contributed by atoms with van der Waals surface area (Å²) in [6.07, 6.45) is 0. The van der Waals surface area contributed by atoms with E-state index in [2.05, 4.69) is 10.2 Å². The lowest BCUT2D eigenvalue weighted by Gasteiger charge is -2.36. The molecule has 1 aliphatic rings. The van der Waals surface area contributed by atoms with E-state index in [9.17, 15) is 13.2 Å². The van der Waals surface area contributed by atoms with Gasteiger partial charge in [0.1, 0.15) is 5.75 Å². The molecule has 2 aromatic carbocycles. The minimum Gasteiger partial charge on any atom is -0.497 e. The Bertz CT molecular complexity index is 907. The van der Waals surface area contributed by atoms with Gasteiger partial charge in [-0.1, -0.05) is 6.07 Å². The van der Waals surface area contributed by atoms with Gasteiger partial charge in [0.25, 0.3) is 0 Å². The highest BCUT2D eigenvalue weighted by molar-refractivity contribution is 7.89. The van der Waals surface area contributed by atoms with E-state index in [4.69, 9.17) is 9.88 Å². The fraction of sp³-hybridized carbons (Fsp3) is 0.278. The molecule has 3 rings (SSSR count). The molecule has 9 heteroatoms. The molecule has 0 radical (unpaired) electrons. The summed E-state index contributed by atoms with van der Waals surface area (Å²) in [7, 11) is -2.11. The van der Waals surface area contributed by atoms with Crippen molar-refractivity contribution in [2.75, 3.05) is 43.5 Å². The molecule has 0 aliphatic carbocycles. The van der Waals surface area contributed by atoms with E-state index in [1.54, 1.807) is 12.0 Å². The fourth-order valence-electron chi connectivity index (χ4n) is 2.91. The summed E-state index contributed by atoms with van der Waals surface area (Å²) in [5.41, 5.74) is 1.58. The highest BCUT2D eigenvalue weighted by atomic mass is 32.2. The van der Waals surface area contributed by atoms with E-state index in [1.165, 1.54) is 24.3 Å². The monoisotopic (exact) mass is 390 g/mol. The van der Waals surface area contributed by atoms with Crippen molar-refractivity contribution in [2.24, 2.45) is 5.14 Å². The van der Waals surface area contributed by atoms with Crippen molar-refractivity contribution >= 4 is 27.4 Å². The fourth-order valence-corrected chi connectivity index (χ4v) is 3.42. The maximum Gasteiger partial charge on any atom is 0.321 e. The van der Waals surface area contributed by atoms with Gasteiger partial charge in [-0.15, -0.1) is 0 Å². The Labute approximate surface area is 158 Å². The van der Waals surface area contributed by atoms with Crippen LogP contribution in [0.15, 0.2) is 53.4 Å². The van der Waals surface area contributed by atoms with E-state index < -0.39 is 10.0 Å². The molecule has 0 aromatic heterocycles. The van der Waals surface area contributed by atoms with E-state index >= 15 is 0 Å². The number of sulfonamides is 1. The SMILES string of the molecule is COc1cccc(N2CCN(C(=O)Nc3ccc(S(N)(=O)=O)cc3)CC2)c1. The van der Waals surface area contributed by atoms with Crippen LogP contribution in [0, 0.1) is 0 Å². The van der Waals surface area contributed by atoms with Crippen molar-refractivity contribution < 1.29 is 17.9 Å². The predicted molar refractivity (Wildman–Crippen MR) is 104 cm³/mol. The number of rotatable bonds is 4. The zero-order valence-corrected chi connectivity index (χ0v) is 15.8. The number of nitrogens with zero attached hydrogens (tertiary/aromatic N) is 2. The Morgan fingerprint density at radius 2 is 1.74 bits per heavy atom. The van der Waals surface area contributed by atoms with Crippen molar-refractivity contribution in [2.45, 2.75) is 4.90 Å². The average molecular weight is 390 g/mol. The number of amides is 2. The zero-order chi connectivity index (χ0) is 19.4. The topological polar surface area (TPSA) is 105 Å². The maximum atomic E-state index is 12.4. The normalized spacial score (nSPS) is 14.7. The van der Waals surface area contributed by atoms with Crippen LogP contribution in [0.4, 0.5) is 16.2 Å². The van der Waals surface area contributed by atoms with Gasteiger partial charge < -0.3 is 19.9 Å². The number of carbonyl (C=O) groups is 1. The highest BCUT2D eigenvalue weighted by Crippen LogP contribution is 2.22. The summed E-state index contributed by atoms with van der Waals surface area (Å²) in [6, 6.07) is 13.4. The molecular weight excluding hydrogens is 368 g/mol. The van der Waals surface area contributed by atoms with Gasteiger partial charge in [-0.25, -0.2) is 18.4 Å². The van der Waals surface area contributed by atoms with Crippen molar-refractivity contribution in [1.29, 1.82) is 0 Å². The number of hydrogen-bond donors (Lipinski definition) is 2. The van der Waals surface area contributed by atoms with Crippen LogP contribution >= 0.6 is 0 Å². The quantitative estimate of drug-likeness (QED) is 0.827. The van der Waals surface area contributed by atoms with Gasteiger partial charge >= 0.3 is 6.03 Å². The Balaban J connectivity index is 1.57. The number of anilines is 2. The number of piperazine rings is 1. The lowest BCUT2D eigenvalue weighted by atomic mass is 10.2. The second-order valence-electron chi connectivity index (χ2n) is 6.18. The van der Waals surface area contributed by atoms with E-state index in [1.807, 2.05) is 24.3 Å². The summed E-state index contributed by atoms with van der Waals surface area (Å²) in [4.78, 5) is 16.4. The molecular formula is C18H22N4O4S. The second kappa shape index (κ2) is 7.85. The Kier molecular flexibility index (Phi) is 5.52. The summed E-state index contributed by atoms with van der Waals surface area (Å²) in [5, 5.41) is 7.84. The van der Waals surface area contributed by atoms with Gasteiger partial charge in [-0.3, -0.25) is 0 Å². The van der Waals surface area contributed by atoms with Gasteiger partial charge in [0.15, 0.2) is 0 Å². The molecule has 0 spiro atoms. The molecule has 2 amide bonds. The van der Waals surface area contributed by atoms with Gasteiger partial charge in [-0.2, -0.15) is 0 Å². The lowest BCUT2D eigenvalue weighted by molar-refractivity contribution is 0.208. The predicted octanol–water partition coefficient (Wildman–Crippen LogP) is 1.70. The molecule has 144 valence electrons. The van der Waals surface area contributed by atoms with Crippen molar-refractivity contribution in [1.82, 2.24) is 4.90 Å². The average Bonchev–Trinajstić information content (AvgIpc) is 2.68. The standard InChI is InChI=1S/C18H22N4O4S/c1-26-16-4-2-3-15(13-16)21-9-11-22(12-10-21)18(23)20-14-5-7-17(8-6-14)27(19,24)25/h2-8,13H,9-12H2,1H3,(H,20,23)(H2,19,24,25). The summed E-state index contributed by atoms with van der Waals surface area (Å²) < 4.78 is 27.8. The smallest absolute Gasteiger partial charge is 0.321 e. The molecule has 1 aliphatic heterocycles. The number of carbonyl (C=O) groups excluding carboxylic acids is 1. The number of urea groups is 1. The van der Waals surface area contributed by atoms with Crippen LogP contribution in [0.1, 0.15) is 0 Å². The molecule has 1 saturated heterocycles. The third kappa shape index (κ3) is 4.69. The van der Waals surface area contributed by atoms with Gasteiger partial charge in [0.2, 0.25) is 10.0 Å². The van der Waals surface area contributed by atoms with Crippen molar-refractivity contribution in [3.8, 4) is 5.75 Å². The van der Waals surface area contributed by atoms with Gasteiger partial charge in [0, 0.05) is 43.6 Å². The molecule has 0 atom stereocenters. The maximum absolute atomic E-state index is 12.4. The Morgan fingerprint density at radius 3 is 2.33 bits per heavy atom. The highest BCUT2D eigenvalue weighted by Gasteiger charge is 2.21. The van der Waals surface area contributed by atoms with Crippen LogP contribution in [-0.4, -0.2) is 52.6 Å². The Morgan fingerprint density at radius 1 is 1.07 bits per heavy atom. The number of primary sulfonamides is 1. The Hall–Kier alpha value is -2.78. The van der Waals surface area contributed by atoms with Gasteiger partial charge in [0.05, 0.1) is 12.0 Å². The molecule has 8 nitrogen and oxygen atoms in total. The first-order valence-corrected chi connectivity index (χ1v) is 9.99.